The van der Waals surface area contributed by atoms with Crippen molar-refractivity contribution in [2.75, 3.05) is 6.54 Å². The number of aliphatic hydroxyl groups excluding tert-OH is 2. The lowest BCUT2D eigenvalue weighted by Gasteiger charge is -2.18. The number of hydrogen-bond acceptors (Lipinski definition) is 5. The van der Waals surface area contributed by atoms with E-state index in [0.29, 0.717) is 6.29 Å². The lowest BCUT2D eigenvalue weighted by molar-refractivity contribution is -0.119. The molecule has 0 saturated carbocycles. The van der Waals surface area contributed by atoms with Crippen LogP contribution in [0.25, 0.3) is 0 Å². The quantitative estimate of drug-likeness (QED) is 0.596. The topological polar surface area (TPSA) is 99.5 Å². The van der Waals surface area contributed by atoms with Crippen molar-refractivity contribution in [3.63, 3.8) is 0 Å². The Morgan fingerprint density at radius 2 is 2.29 bits per heavy atom. The fourth-order valence-electron chi connectivity index (χ4n) is 1.32. The smallest absolute Gasteiger partial charge is 0.216 e. The summed E-state index contributed by atoms with van der Waals surface area (Å²) in [4.78, 5) is 25.2. The van der Waals surface area contributed by atoms with Crippen molar-refractivity contribution in [3.8, 4) is 0 Å². The predicted molar refractivity (Wildman–Crippen MR) is 59.3 cm³/mol. The van der Waals surface area contributed by atoms with Crippen LogP contribution in [0.4, 0.5) is 0 Å². The summed E-state index contributed by atoms with van der Waals surface area (Å²) >= 11 is 0. The second-order valence-corrected chi connectivity index (χ2v) is 3.54. The summed E-state index contributed by atoms with van der Waals surface area (Å²) in [5.74, 6) is -0.312. The van der Waals surface area contributed by atoms with Gasteiger partial charge in [0.05, 0.1) is 5.69 Å². The van der Waals surface area contributed by atoms with E-state index in [0.717, 1.165) is 0 Å². The van der Waals surface area contributed by atoms with Crippen molar-refractivity contribution in [2.45, 2.75) is 19.1 Å². The van der Waals surface area contributed by atoms with Gasteiger partial charge < -0.3 is 15.5 Å². The number of nitrogens with one attached hydrogen (secondary N) is 1. The minimum absolute atomic E-state index is 0.0975. The van der Waals surface area contributed by atoms with Crippen LogP contribution in [0.1, 0.15) is 29.1 Å². The van der Waals surface area contributed by atoms with Crippen LogP contribution in [-0.4, -0.2) is 40.0 Å². The van der Waals surface area contributed by atoms with E-state index in [9.17, 15) is 19.8 Å². The van der Waals surface area contributed by atoms with Gasteiger partial charge in [0.25, 0.3) is 0 Å². The summed E-state index contributed by atoms with van der Waals surface area (Å²) in [6, 6.07) is 3.05. The molecule has 1 heterocycles. The van der Waals surface area contributed by atoms with Gasteiger partial charge in [-0.05, 0) is 12.1 Å². The summed E-state index contributed by atoms with van der Waals surface area (Å²) in [6.07, 6.45) is -0.566. The van der Waals surface area contributed by atoms with Gasteiger partial charge in [0.2, 0.25) is 5.91 Å². The number of aliphatic hydroxyl groups is 2. The van der Waals surface area contributed by atoms with Gasteiger partial charge in [-0.3, -0.25) is 14.6 Å². The Morgan fingerprint density at radius 3 is 2.88 bits per heavy atom. The number of aldehydes is 1. The molecule has 2 atom stereocenters. The first-order chi connectivity index (χ1) is 8.06. The maximum atomic E-state index is 10.7. The van der Waals surface area contributed by atoms with Crippen LogP contribution in [0.2, 0.25) is 0 Å². The molecule has 0 fully saturated rings. The fraction of sp³-hybridized carbons (Fsp3) is 0.364. The van der Waals surface area contributed by atoms with E-state index < -0.39 is 12.2 Å². The molecule has 0 aliphatic carbocycles. The highest BCUT2D eigenvalue weighted by atomic mass is 16.3. The van der Waals surface area contributed by atoms with E-state index in [4.69, 9.17) is 0 Å². The molecule has 1 aromatic rings. The third-order valence-electron chi connectivity index (χ3n) is 2.20. The van der Waals surface area contributed by atoms with E-state index in [1.54, 1.807) is 6.07 Å². The Morgan fingerprint density at radius 1 is 1.59 bits per heavy atom. The number of aromatic nitrogens is 1. The molecule has 6 heteroatoms. The molecule has 1 rings (SSSR count). The number of amides is 1. The van der Waals surface area contributed by atoms with Crippen molar-refractivity contribution in [1.82, 2.24) is 10.3 Å². The largest absolute Gasteiger partial charge is 0.388 e. The first-order valence-electron chi connectivity index (χ1n) is 5.07. The first kappa shape index (κ1) is 13.3. The Hall–Kier alpha value is -1.79. The second-order valence-electron chi connectivity index (χ2n) is 3.54. The molecule has 1 amide bonds. The summed E-state index contributed by atoms with van der Waals surface area (Å²) in [5, 5.41) is 21.8. The van der Waals surface area contributed by atoms with Gasteiger partial charge >= 0.3 is 0 Å². The van der Waals surface area contributed by atoms with Crippen LogP contribution in [0.15, 0.2) is 18.3 Å². The normalized spacial score (nSPS) is 13.8. The molecule has 0 aromatic carbocycles. The fourth-order valence-corrected chi connectivity index (χ4v) is 1.32. The standard InChI is InChI=1S/C11H14N2O4/c1-7(15)13-5-9(16)11(17)10-8(6-14)3-2-4-12-10/h2-4,6,9,11,16-17H,5H2,1H3,(H,13,15). The number of pyridine rings is 1. The number of hydrogen-bond donors (Lipinski definition) is 3. The summed E-state index contributed by atoms with van der Waals surface area (Å²) in [7, 11) is 0. The molecule has 1 aromatic heterocycles. The van der Waals surface area contributed by atoms with Gasteiger partial charge in [-0.1, -0.05) is 0 Å². The van der Waals surface area contributed by atoms with E-state index in [-0.39, 0.29) is 23.7 Å². The molecular formula is C11H14N2O4. The highest BCUT2D eigenvalue weighted by Gasteiger charge is 2.22. The summed E-state index contributed by atoms with van der Waals surface area (Å²) in [5.41, 5.74) is 0.308. The maximum absolute atomic E-state index is 10.7. The third-order valence-corrected chi connectivity index (χ3v) is 2.20. The molecule has 0 radical (unpaired) electrons. The van der Waals surface area contributed by atoms with Gasteiger partial charge in [0.15, 0.2) is 6.29 Å². The molecule has 92 valence electrons. The van der Waals surface area contributed by atoms with Crippen LogP contribution in [0.5, 0.6) is 0 Å². The van der Waals surface area contributed by atoms with Crippen LogP contribution in [0.3, 0.4) is 0 Å². The van der Waals surface area contributed by atoms with Gasteiger partial charge in [0, 0.05) is 25.2 Å². The molecule has 6 nitrogen and oxygen atoms in total. The SMILES string of the molecule is CC(=O)NCC(O)C(O)c1ncccc1C=O. The van der Waals surface area contributed by atoms with Crippen molar-refractivity contribution in [2.24, 2.45) is 0 Å². The molecule has 17 heavy (non-hydrogen) atoms. The van der Waals surface area contributed by atoms with Crippen LogP contribution in [0, 0.1) is 0 Å². The summed E-state index contributed by atoms with van der Waals surface area (Å²) < 4.78 is 0. The van der Waals surface area contributed by atoms with Crippen LogP contribution in [-0.2, 0) is 4.79 Å². The monoisotopic (exact) mass is 238 g/mol. The number of carbonyl (C=O) groups excluding carboxylic acids is 2. The number of rotatable bonds is 5. The Balaban J connectivity index is 2.77. The Kier molecular flexibility index (Phi) is 4.74. The Bertz CT molecular complexity index is 408. The van der Waals surface area contributed by atoms with E-state index in [1.165, 1.54) is 19.2 Å². The van der Waals surface area contributed by atoms with E-state index in [1.807, 2.05) is 0 Å². The van der Waals surface area contributed by atoms with Gasteiger partial charge in [-0.15, -0.1) is 0 Å². The van der Waals surface area contributed by atoms with E-state index >= 15 is 0 Å². The highest BCUT2D eigenvalue weighted by molar-refractivity contribution is 5.76. The molecule has 0 spiro atoms. The average molecular weight is 238 g/mol. The minimum Gasteiger partial charge on any atom is -0.388 e. The zero-order chi connectivity index (χ0) is 12.8. The zero-order valence-corrected chi connectivity index (χ0v) is 9.33. The second kappa shape index (κ2) is 6.07. The third kappa shape index (κ3) is 3.61. The molecule has 3 N–H and O–H groups in total. The molecule has 0 aliphatic heterocycles. The van der Waals surface area contributed by atoms with Crippen molar-refractivity contribution in [3.05, 3.63) is 29.6 Å². The molecule has 2 unspecified atom stereocenters. The Labute approximate surface area is 98.3 Å². The lowest BCUT2D eigenvalue weighted by Crippen LogP contribution is -2.34. The zero-order valence-electron chi connectivity index (χ0n) is 9.33. The molecular weight excluding hydrogens is 224 g/mol. The highest BCUT2D eigenvalue weighted by Crippen LogP contribution is 2.17. The molecule has 0 saturated heterocycles. The van der Waals surface area contributed by atoms with E-state index in [2.05, 4.69) is 10.3 Å². The molecule has 0 bridgehead atoms. The average Bonchev–Trinajstić information content (AvgIpc) is 2.34. The minimum atomic E-state index is -1.32. The van der Waals surface area contributed by atoms with Crippen molar-refractivity contribution < 1.29 is 19.8 Å². The van der Waals surface area contributed by atoms with Gasteiger partial charge in [0.1, 0.15) is 12.2 Å². The van der Waals surface area contributed by atoms with Crippen molar-refractivity contribution in [1.29, 1.82) is 0 Å². The van der Waals surface area contributed by atoms with Gasteiger partial charge in [-0.2, -0.15) is 0 Å². The van der Waals surface area contributed by atoms with Crippen molar-refractivity contribution >= 4 is 12.2 Å². The van der Waals surface area contributed by atoms with Gasteiger partial charge in [-0.25, -0.2) is 0 Å². The maximum Gasteiger partial charge on any atom is 0.216 e. The predicted octanol–water partition coefficient (Wildman–Crippen LogP) is -0.576. The van der Waals surface area contributed by atoms with Crippen LogP contribution < -0.4 is 5.32 Å². The van der Waals surface area contributed by atoms with Crippen LogP contribution >= 0.6 is 0 Å². The first-order valence-corrected chi connectivity index (χ1v) is 5.07. The number of nitrogens with zero attached hydrogens (tertiary/aromatic N) is 1. The lowest BCUT2D eigenvalue weighted by atomic mass is 10.1. The molecule has 0 aliphatic rings. The number of carbonyl (C=O) groups is 2. The summed E-state index contributed by atoms with van der Waals surface area (Å²) in [6.45, 7) is 1.20.